The van der Waals surface area contributed by atoms with E-state index in [9.17, 15) is 4.79 Å². The number of nitrogens with zero attached hydrogens (tertiary/aromatic N) is 4. The molecule has 24 heavy (non-hydrogen) atoms. The third-order valence-electron chi connectivity index (χ3n) is 4.40. The molecule has 0 bridgehead atoms. The molecular weight excluding hydrogens is 306 g/mol. The second-order valence-electron chi connectivity index (χ2n) is 7.39. The van der Waals surface area contributed by atoms with Gasteiger partial charge >= 0.3 is 6.09 Å². The predicted octanol–water partition coefficient (Wildman–Crippen LogP) is 2.67. The zero-order valence-electron chi connectivity index (χ0n) is 14.7. The smallest absolute Gasteiger partial charge is 0.410 e. The lowest BCUT2D eigenvalue weighted by atomic mass is 9.89. The molecule has 0 aliphatic carbocycles. The molecule has 2 N–H and O–H groups in total. The van der Waals surface area contributed by atoms with Crippen LogP contribution in [-0.2, 0) is 11.8 Å². The zero-order chi connectivity index (χ0) is 17.5. The topological polar surface area (TPSA) is 86.3 Å². The summed E-state index contributed by atoms with van der Waals surface area (Å²) in [4.78, 5) is 22.4. The van der Waals surface area contributed by atoms with Crippen molar-refractivity contribution in [2.75, 3.05) is 18.8 Å². The fourth-order valence-electron chi connectivity index (χ4n) is 3.28. The molecule has 3 rings (SSSR count). The summed E-state index contributed by atoms with van der Waals surface area (Å²) in [6, 6.07) is 0. The lowest BCUT2D eigenvalue weighted by Crippen LogP contribution is -2.41. The molecule has 1 aliphatic heterocycles. The van der Waals surface area contributed by atoms with E-state index < -0.39 is 5.60 Å². The Bertz CT molecular complexity index is 754. The van der Waals surface area contributed by atoms with E-state index >= 15 is 0 Å². The van der Waals surface area contributed by atoms with Crippen LogP contribution in [0.4, 0.5) is 10.6 Å². The number of hydrogen-bond acceptors (Lipinski definition) is 5. The number of amides is 1. The average Bonchev–Trinajstić information content (AvgIpc) is 2.84. The number of carbonyl (C=O) groups excluding carboxylic acids is 1. The summed E-state index contributed by atoms with van der Waals surface area (Å²) in [5, 5.41) is 0.940. The van der Waals surface area contributed by atoms with Gasteiger partial charge in [-0.1, -0.05) is 0 Å². The van der Waals surface area contributed by atoms with E-state index in [1.54, 1.807) is 4.90 Å². The molecule has 7 nitrogen and oxygen atoms in total. The summed E-state index contributed by atoms with van der Waals surface area (Å²) in [5.74, 6) is 0.867. The van der Waals surface area contributed by atoms with Crippen LogP contribution in [0.5, 0.6) is 0 Å². The van der Waals surface area contributed by atoms with Crippen molar-refractivity contribution in [1.82, 2.24) is 19.4 Å². The third kappa shape index (κ3) is 3.16. The predicted molar refractivity (Wildman–Crippen MR) is 92.7 cm³/mol. The molecule has 1 fully saturated rings. The Morgan fingerprint density at radius 1 is 1.29 bits per heavy atom. The summed E-state index contributed by atoms with van der Waals surface area (Å²) in [5.41, 5.74) is 7.64. The minimum atomic E-state index is -0.463. The minimum Gasteiger partial charge on any atom is -0.444 e. The maximum atomic E-state index is 12.2. The van der Waals surface area contributed by atoms with Gasteiger partial charge in [0.25, 0.3) is 0 Å². The summed E-state index contributed by atoms with van der Waals surface area (Å²) in [7, 11) is 1.97. The van der Waals surface area contributed by atoms with Gasteiger partial charge in [-0.3, -0.25) is 0 Å². The fraction of sp³-hybridized carbons (Fsp3) is 0.588. The van der Waals surface area contributed by atoms with Crippen LogP contribution in [0, 0.1) is 0 Å². The molecule has 0 saturated carbocycles. The maximum absolute atomic E-state index is 12.2. The van der Waals surface area contributed by atoms with Crippen LogP contribution in [0.3, 0.4) is 0 Å². The first-order chi connectivity index (χ1) is 11.3. The molecule has 0 spiro atoms. The normalized spacial score (nSPS) is 16.6. The minimum absolute atomic E-state index is 0.235. The molecule has 2 aromatic heterocycles. The number of likely N-dealkylation sites (tertiary alicyclic amines) is 1. The van der Waals surface area contributed by atoms with E-state index in [-0.39, 0.29) is 6.09 Å². The highest BCUT2D eigenvalue weighted by Gasteiger charge is 2.29. The number of aryl methyl sites for hydroxylation is 1. The first-order valence-electron chi connectivity index (χ1n) is 8.29. The van der Waals surface area contributed by atoms with Crippen LogP contribution in [0.15, 0.2) is 12.5 Å². The summed E-state index contributed by atoms with van der Waals surface area (Å²) in [6.45, 7) is 7.02. The van der Waals surface area contributed by atoms with Crippen molar-refractivity contribution in [3.8, 4) is 0 Å². The molecule has 0 aromatic carbocycles. The molecule has 0 unspecified atom stereocenters. The highest BCUT2D eigenvalue weighted by molar-refractivity contribution is 5.90. The largest absolute Gasteiger partial charge is 0.444 e. The molecule has 7 heteroatoms. The third-order valence-corrected chi connectivity index (χ3v) is 4.40. The number of aromatic nitrogens is 3. The lowest BCUT2D eigenvalue weighted by molar-refractivity contribution is 0.0205. The van der Waals surface area contributed by atoms with Crippen molar-refractivity contribution in [2.45, 2.75) is 45.1 Å². The van der Waals surface area contributed by atoms with Gasteiger partial charge in [-0.15, -0.1) is 0 Å². The van der Waals surface area contributed by atoms with E-state index in [1.165, 1.54) is 11.9 Å². The summed E-state index contributed by atoms with van der Waals surface area (Å²) >= 11 is 0. The van der Waals surface area contributed by atoms with Crippen molar-refractivity contribution in [3.05, 3.63) is 18.1 Å². The number of hydrogen-bond donors (Lipinski definition) is 1. The average molecular weight is 331 g/mol. The Morgan fingerprint density at radius 3 is 2.58 bits per heavy atom. The van der Waals surface area contributed by atoms with Gasteiger partial charge in [0.2, 0.25) is 0 Å². The highest BCUT2D eigenvalue weighted by Crippen LogP contribution is 2.35. The second-order valence-corrected chi connectivity index (χ2v) is 7.39. The number of rotatable bonds is 1. The number of fused-ring (bicyclic) bond motifs is 1. The first-order valence-corrected chi connectivity index (χ1v) is 8.29. The van der Waals surface area contributed by atoms with Crippen molar-refractivity contribution >= 4 is 22.9 Å². The van der Waals surface area contributed by atoms with Gasteiger partial charge in [0, 0.05) is 26.3 Å². The van der Waals surface area contributed by atoms with Crippen molar-refractivity contribution in [2.24, 2.45) is 7.05 Å². The van der Waals surface area contributed by atoms with Crippen molar-refractivity contribution in [3.63, 3.8) is 0 Å². The molecule has 1 saturated heterocycles. The highest BCUT2D eigenvalue weighted by atomic mass is 16.6. The van der Waals surface area contributed by atoms with Crippen LogP contribution in [-0.4, -0.2) is 44.2 Å². The molecule has 0 atom stereocenters. The van der Waals surface area contributed by atoms with E-state index in [2.05, 4.69) is 16.2 Å². The molecule has 3 heterocycles. The van der Waals surface area contributed by atoms with Crippen LogP contribution < -0.4 is 5.73 Å². The van der Waals surface area contributed by atoms with E-state index in [1.807, 2.05) is 32.4 Å². The number of carbonyl (C=O) groups is 1. The van der Waals surface area contributed by atoms with Crippen molar-refractivity contribution < 1.29 is 9.53 Å². The van der Waals surface area contributed by atoms with Crippen LogP contribution in [0.2, 0.25) is 0 Å². The number of anilines is 1. The molecule has 1 aliphatic rings. The van der Waals surface area contributed by atoms with Crippen LogP contribution in [0.25, 0.3) is 11.0 Å². The molecule has 2 aromatic rings. The Kier molecular flexibility index (Phi) is 4.11. The molecular formula is C17H25N5O2. The van der Waals surface area contributed by atoms with E-state index in [0.29, 0.717) is 24.8 Å². The van der Waals surface area contributed by atoms with Gasteiger partial charge < -0.3 is 19.9 Å². The van der Waals surface area contributed by atoms with Crippen LogP contribution in [0.1, 0.15) is 45.1 Å². The van der Waals surface area contributed by atoms with Gasteiger partial charge in [0.1, 0.15) is 23.4 Å². The zero-order valence-corrected chi connectivity index (χ0v) is 14.7. The Balaban J connectivity index is 1.75. The maximum Gasteiger partial charge on any atom is 0.410 e. The first kappa shape index (κ1) is 16.5. The Morgan fingerprint density at radius 2 is 1.96 bits per heavy atom. The molecule has 130 valence electrons. The summed E-state index contributed by atoms with van der Waals surface area (Å²) in [6.07, 6.45) is 5.11. The molecule has 0 radical (unpaired) electrons. The van der Waals surface area contributed by atoms with Gasteiger partial charge in [0.15, 0.2) is 0 Å². The quantitative estimate of drug-likeness (QED) is 0.868. The second kappa shape index (κ2) is 5.96. The molecule has 1 amide bonds. The van der Waals surface area contributed by atoms with Gasteiger partial charge in [-0.05, 0) is 45.1 Å². The van der Waals surface area contributed by atoms with Gasteiger partial charge in [-0.25, -0.2) is 14.8 Å². The van der Waals surface area contributed by atoms with Crippen molar-refractivity contribution in [1.29, 1.82) is 0 Å². The lowest BCUT2D eigenvalue weighted by Gasteiger charge is -2.33. The van der Waals surface area contributed by atoms with Gasteiger partial charge in [0.05, 0.1) is 5.39 Å². The summed E-state index contributed by atoms with van der Waals surface area (Å²) < 4.78 is 7.44. The number of nitrogen functional groups attached to an aromatic ring is 1. The standard InChI is InChI=1S/C17H25N5O2/c1-17(2,3)24-16(23)22-7-5-11(6-8-22)12-9-21(4)15-13(12)14(18)19-10-20-15/h9-11H,5-8H2,1-4H3,(H2,18,19,20). The van der Waals surface area contributed by atoms with E-state index in [0.717, 1.165) is 23.9 Å². The Labute approximate surface area is 141 Å². The fourth-order valence-corrected chi connectivity index (χ4v) is 3.28. The number of piperidine rings is 1. The van der Waals surface area contributed by atoms with E-state index in [4.69, 9.17) is 10.5 Å². The number of nitrogens with two attached hydrogens (primary N) is 1. The monoisotopic (exact) mass is 331 g/mol. The number of ether oxygens (including phenoxy) is 1. The van der Waals surface area contributed by atoms with Crippen LogP contribution >= 0.6 is 0 Å². The Hall–Kier alpha value is -2.31. The van der Waals surface area contributed by atoms with Gasteiger partial charge in [-0.2, -0.15) is 0 Å². The SMILES string of the molecule is Cn1cc(C2CCN(C(=O)OC(C)(C)C)CC2)c2c(N)ncnc21.